The molecule has 1 aliphatic rings. The Labute approximate surface area is 140 Å². The van der Waals surface area contributed by atoms with E-state index in [1.807, 2.05) is 0 Å². The van der Waals surface area contributed by atoms with Crippen molar-refractivity contribution in [1.82, 2.24) is 9.03 Å². The summed E-state index contributed by atoms with van der Waals surface area (Å²) in [5, 5.41) is 0. The van der Waals surface area contributed by atoms with Crippen molar-refractivity contribution in [2.24, 2.45) is 5.92 Å². The van der Waals surface area contributed by atoms with Crippen molar-refractivity contribution in [3.8, 4) is 0 Å². The van der Waals surface area contributed by atoms with Gasteiger partial charge in [0.1, 0.15) is 0 Å². The van der Waals surface area contributed by atoms with Gasteiger partial charge in [-0.15, -0.1) is 0 Å². The van der Waals surface area contributed by atoms with Crippen LogP contribution in [0.3, 0.4) is 0 Å². The molecular weight excluding hydrogens is 392 g/mol. The number of nitrogens with one attached hydrogen (secondary N) is 1. The SMILES string of the molecule is CS(=O)(=O)NCC1CCN(S(=O)(=O)c2ccccc2Br)CC1. The Hall–Kier alpha value is -0.480. The lowest BCUT2D eigenvalue weighted by Gasteiger charge is -2.31. The first-order valence-corrected chi connectivity index (χ1v) is 11.0. The topological polar surface area (TPSA) is 83.6 Å². The van der Waals surface area contributed by atoms with E-state index in [-0.39, 0.29) is 10.8 Å². The fourth-order valence-corrected chi connectivity index (χ4v) is 5.39. The Bertz CT molecular complexity index is 726. The van der Waals surface area contributed by atoms with Crippen LogP contribution in [0, 0.1) is 5.92 Å². The summed E-state index contributed by atoms with van der Waals surface area (Å²) in [6.07, 6.45) is 2.41. The van der Waals surface area contributed by atoms with E-state index in [0.717, 1.165) is 6.26 Å². The number of nitrogens with zero attached hydrogens (tertiary/aromatic N) is 1. The number of rotatable bonds is 5. The van der Waals surface area contributed by atoms with E-state index in [2.05, 4.69) is 20.7 Å². The highest BCUT2D eigenvalue weighted by molar-refractivity contribution is 9.10. The van der Waals surface area contributed by atoms with E-state index in [4.69, 9.17) is 0 Å². The molecule has 0 aliphatic carbocycles. The first-order valence-electron chi connectivity index (χ1n) is 6.89. The number of sulfonamides is 2. The average molecular weight is 411 g/mol. The van der Waals surface area contributed by atoms with Crippen LogP contribution in [0.5, 0.6) is 0 Å². The quantitative estimate of drug-likeness (QED) is 0.794. The molecule has 0 unspecified atom stereocenters. The molecular formula is C13H19BrN2O4S2. The number of hydrogen-bond acceptors (Lipinski definition) is 4. The van der Waals surface area contributed by atoms with E-state index in [0.29, 0.717) is 36.9 Å². The lowest BCUT2D eigenvalue weighted by molar-refractivity contribution is 0.274. The summed E-state index contributed by atoms with van der Waals surface area (Å²) in [6.45, 7) is 1.17. The molecule has 1 aromatic carbocycles. The molecule has 6 nitrogen and oxygen atoms in total. The van der Waals surface area contributed by atoms with Gasteiger partial charge in [0.15, 0.2) is 0 Å². The Morgan fingerprint density at radius 2 is 1.77 bits per heavy atom. The molecule has 2 rings (SSSR count). The zero-order valence-corrected chi connectivity index (χ0v) is 15.4. The van der Waals surface area contributed by atoms with Crippen molar-refractivity contribution in [1.29, 1.82) is 0 Å². The molecule has 0 bridgehead atoms. The second-order valence-corrected chi connectivity index (χ2v) is 9.99. The van der Waals surface area contributed by atoms with Crippen molar-refractivity contribution >= 4 is 36.0 Å². The first kappa shape index (κ1) is 17.9. The first-order chi connectivity index (χ1) is 10.2. The highest BCUT2D eigenvalue weighted by Crippen LogP contribution is 2.28. The molecule has 124 valence electrons. The van der Waals surface area contributed by atoms with Crippen LogP contribution in [0.1, 0.15) is 12.8 Å². The van der Waals surface area contributed by atoms with Gasteiger partial charge in [-0.25, -0.2) is 21.6 Å². The number of halogens is 1. The average Bonchev–Trinajstić information content (AvgIpc) is 2.45. The molecule has 0 spiro atoms. The summed E-state index contributed by atoms with van der Waals surface area (Å²) in [5.41, 5.74) is 0. The zero-order valence-electron chi connectivity index (χ0n) is 12.2. The van der Waals surface area contributed by atoms with Gasteiger partial charge in [-0.1, -0.05) is 12.1 Å². The van der Waals surface area contributed by atoms with Gasteiger partial charge in [-0.2, -0.15) is 4.31 Å². The van der Waals surface area contributed by atoms with Gasteiger partial charge in [-0.05, 0) is 46.8 Å². The Balaban J connectivity index is 2.01. The van der Waals surface area contributed by atoms with Crippen molar-refractivity contribution in [3.05, 3.63) is 28.7 Å². The summed E-state index contributed by atoms with van der Waals surface area (Å²) < 4.78 is 51.9. The van der Waals surface area contributed by atoms with Gasteiger partial charge >= 0.3 is 0 Å². The predicted octanol–water partition coefficient (Wildman–Crippen LogP) is 1.40. The monoisotopic (exact) mass is 410 g/mol. The summed E-state index contributed by atoms with van der Waals surface area (Å²) in [7, 11) is -6.71. The van der Waals surface area contributed by atoms with Crippen molar-refractivity contribution < 1.29 is 16.8 Å². The molecule has 1 aliphatic heterocycles. The van der Waals surface area contributed by atoms with Crippen LogP contribution in [-0.4, -0.2) is 47.0 Å². The third kappa shape index (κ3) is 4.51. The smallest absolute Gasteiger partial charge is 0.215 e. The molecule has 0 aromatic heterocycles. The fraction of sp³-hybridized carbons (Fsp3) is 0.538. The van der Waals surface area contributed by atoms with Crippen LogP contribution in [0.25, 0.3) is 0 Å². The van der Waals surface area contributed by atoms with Crippen LogP contribution in [0.2, 0.25) is 0 Å². The molecule has 1 aromatic rings. The van der Waals surface area contributed by atoms with Crippen LogP contribution in [-0.2, 0) is 20.0 Å². The van der Waals surface area contributed by atoms with E-state index in [1.165, 1.54) is 4.31 Å². The van der Waals surface area contributed by atoms with E-state index in [9.17, 15) is 16.8 Å². The fourth-order valence-electron chi connectivity index (χ4n) is 2.42. The molecule has 1 fully saturated rings. The number of benzene rings is 1. The third-order valence-corrected chi connectivity index (χ3v) is 7.26. The second kappa shape index (κ2) is 6.96. The Morgan fingerprint density at radius 1 is 1.18 bits per heavy atom. The largest absolute Gasteiger partial charge is 0.244 e. The van der Waals surface area contributed by atoms with E-state index in [1.54, 1.807) is 24.3 Å². The van der Waals surface area contributed by atoms with Gasteiger partial charge in [-0.3, -0.25) is 0 Å². The van der Waals surface area contributed by atoms with Gasteiger partial charge < -0.3 is 0 Å². The van der Waals surface area contributed by atoms with Gasteiger partial charge in [0, 0.05) is 24.1 Å². The third-order valence-electron chi connectivity index (χ3n) is 3.66. The minimum Gasteiger partial charge on any atom is -0.215 e. The predicted molar refractivity (Wildman–Crippen MR) is 88.5 cm³/mol. The molecule has 22 heavy (non-hydrogen) atoms. The van der Waals surface area contributed by atoms with Crippen LogP contribution in [0.15, 0.2) is 33.6 Å². The molecule has 1 saturated heterocycles. The van der Waals surface area contributed by atoms with E-state index < -0.39 is 20.0 Å². The molecule has 1 N–H and O–H groups in total. The lowest BCUT2D eigenvalue weighted by atomic mass is 9.99. The normalized spacial score (nSPS) is 18.5. The summed E-state index contributed by atoms with van der Waals surface area (Å²) in [4.78, 5) is 0.266. The maximum atomic E-state index is 12.6. The minimum absolute atomic E-state index is 0.167. The maximum Gasteiger partial charge on any atom is 0.244 e. The maximum absolute atomic E-state index is 12.6. The minimum atomic E-state index is -3.51. The molecule has 0 radical (unpaired) electrons. The summed E-state index contributed by atoms with van der Waals surface area (Å²) >= 11 is 3.27. The Morgan fingerprint density at radius 3 is 2.32 bits per heavy atom. The highest BCUT2D eigenvalue weighted by Gasteiger charge is 2.30. The van der Waals surface area contributed by atoms with Gasteiger partial charge in [0.25, 0.3) is 0 Å². The number of hydrogen-bond donors (Lipinski definition) is 1. The molecule has 0 saturated carbocycles. The van der Waals surface area contributed by atoms with Crippen LogP contribution >= 0.6 is 15.9 Å². The van der Waals surface area contributed by atoms with Crippen molar-refractivity contribution in [3.63, 3.8) is 0 Å². The second-order valence-electron chi connectivity index (χ2n) is 5.40. The van der Waals surface area contributed by atoms with E-state index >= 15 is 0 Å². The zero-order chi connectivity index (χ0) is 16.4. The van der Waals surface area contributed by atoms with Gasteiger partial charge in [0.05, 0.1) is 11.2 Å². The van der Waals surface area contributed by atoms with Gasteiger partial charge in [0.2, 0.25) is 20.0 Å². The van der Waals surface area contributed by atoms with Crippen LogP contribution in [0.4, 0.5) is 0 Å². The summed E-state index contributed by atoms with van der Waals surface area (Å²) in [6, 6.07) is 6.75. The van der Waals surface area contributed by atoms with Crippen molar-refractivity contribution in [2.45, 2.75) is 17.7 Å². The molecule has 9 heteroatoms. The molecule has 1 heterocycles. The lowest BCUT2D eigenvalue weighted by Crippen LogP contribution is -2.41. The Kier molecular flexibility index (Phi) is 5.65. The summed E-state index contributed by atoms with van der Waals surface area (Å²) in [5.74, 6) is 0.167. The molecule has 0 amide bonds. The van der Waals surface area contributed by atoms with Crippen molar-refractivity contribution in [2.75, 3.05) is 25.9 Å². The standard InChI is InChI=1S/C13H19BrN2O4S2/c1-21(17,18)15-10-11-6-8-16(9-7-11)22(19,20)13-5-3-2-4-12(13)14/h2-5,11,15H,6-10H2,1H3. The highest BCUT2D eigenvalue weighted by atomic mass is 79.9. The molecule has 0 atom stereocenters. The van der Waals surface area contributed by atoms with Crippen LogP contribution < -0.4 is 4.72 Å². The number of piperidine rings is 1.